The monoisotopic (exact) mass is 404 g/mol. The molecule has 0 bridgehead atoms. The van der Waals surface area contributed by atoms with E-state index in [9.17, 15) is 0 Å². The first-order valence-corrected chi connectivity index (χ1v) is 10.8. The van der Waals surface area contributed by atoms with Gasteiger partial charge in [-0.05, 0) is 6.26 Å². The van der Waals surface area contributed by atoms with Gasteiger partial charge in [0.1, 0.15) is 4.70 Å². The molecule has 9 nitrogen and oxygen atoms in total. The molecule has 1 saturated heterocycles. The van der Waals surface area contributed by atoms with E-state index in [2.05, 4.69) is 36.4 Å². The summed E-state index contributed by atoms with van der Waals surface area (Å²) in [6.07, 6.45) is 5.36. The van der Waals surface area contributed by atoms with E-state index < -0.39 is 0 Å². The van der Waals surface area contributed by atoms with Crippen LogP contribution < -0.4 is 16.0 Å². The van der Waals surface area contributed by atoms with Crippen LogP contribution in [0, 0.1) is 0 Å². The van der Waals surface area contributed by atoms with Crippen LogP contribution in [-0.2, 0) is 4.74 Å². The standard InChI is InChI=1S/C16H20N8OS2/c1-26-7-2-18-16-23-13-11(27-16)14(24-3-5-25-6-4-24)22-12(21-13)10-8-19-15(17)20-9-10/h8-9H,2-7H2,1H3,(H2,17,19,20)(H,18,21,22,23). The fourth-order valence-corrected chi connectivity index (χ4v) is 3.97. The number of aromatic nitrogens is 5. The predicted octanol–water partition coefficient (Wildman–Crippen LogP) is 1.74. The summed E-state index contributed by atoms with van der Waals surface area (Å²) in [6.45, 7) is 3.81. The van der Waals surface area contributed by atoms with Crippen LogP contribution in [0.1, 0.15) is 0 Å². The van der Waals surface area contributed by atoms with Gasteiger partial charge in [0, 0.05) is 37.8 Å². The Balaban J connectivity index is 1.76. The highest BCUT2D eigenvalue weighted by Crippen LogP contribution is 2.34. The van der Waals surface area contributed by atoms with E-state index in [1.807, 2.05) is 0 Å². The van der Waals surface area contributed by atoms with Crippen molar-refractivity contribution in [3.63, 3.8) is 0 Å². The number of rotatable bonds is 6. The molecule has 1 aliphatic rings. The largest absolute Gasteiger partial charge is 0.378 e. The van der Waals surface area contributed by atoms with E-state index in [1.54, 1.807) is 35.5 Å². The molecule has 0 amide bonds. The summed E-state index contributed by atoms with van der Waals surface area (Å²) >= 11 is 3.38. The zero-order valence-corrected chi connectivity index (χ0v) is 16.5. The van der Waals surface area contributed by atoms with Crippen molar-refractivity contribution in [3.05, 3.63) is 12.4 Å². The molecule has 0 radical (unpaired) electrons. The minimum absolute atomic E-state index is 0.224. The third-order valence-corrected chi connectivity index (χ3v) is 5.67. The number of nitrogens with zero attached hydrogens (tertiary/aromatic N) is 6. The Kier molecular flexibility index (Phi) is 5.50. The van der Waals surface area contributed by atoms with Crippen LogP contribution in [0.5, 0.6) is 0 Å². The average molecular weight is 405 g/mol. The third-order valence-electron chi connectivity index (χ3n) is 4.06. The second kappa shape index (κ2) is 8.19. The number of nitrogen functional groups attached to an aromatic ring is 1. The lowest BCUT2D eigenvalue weighted by Gasteiger charge is -2.28. The molecule has 0 aromatic carbocycles. The Bertz CT molecular complexity index is 911. The molecule has 27 heavy (non-hydrogen) atoms. The van der Waals surface area contributed by atoms with Crippen LogP contribution in [0.3, 0.4) is 0 Å². The molecule has 0 atom stereocenters. The quantitative estimate of drug-likeness (QED) is 0.589. The van der Waals surface area contributed by atoms with Gasteiger partial charge in [0.05, 0.1) is 18.8 Å². The molecular formula is C16H20N8OS2. The number of thiazole rings is 1. The maximum atomic E-state index is 5.60. The zero-order chi connectivity index (χ0) is 18.6. The van der Waals surface area contributed by atoms with Crippen LogP contribution in [0.25, 0.3) is 21.7 Å². The van der Waals surface area contributed by atoms with Gasteiger partial charge in [-0.15, -0.1) is 0 Å². The number of nitrogens with one attached hydrogen (secondary N) is 1. The summed E-state index contributed by atoms with van der Waals surface area (Å²) < 4.78 is 6.46. The summed E-state index contributed by atoms with van der Waals surface area (Å²) in [5, 5.41) is 4.22. The summed E-state index contributed by atoms with van der Waals surface area (Å²) in [5.74, 6) is 2.67. The van der Waals surface area contributed by atoms with Crippen molar-refractivity contribution < 1.29 is 4.74 Å². The molecule has 1 aliphatic heterocycles. The zero-order valence-electron chi connectivity index (χ0n) is 14.9. The van der Waals surface area contributed by atoms with Gasteiger partial charge in [0.25, 0.3) is 0 Å². The summed E-state index contributed by atoms with van der Waals surface area (Å²) in [6, 6.07) is 0. The van der Waals surface area contributed by atoms with Crippen LogP contribution >= 0.6 is 23.1 Å². The van der Waals surface area contributed by atoms with Crippen molar-refractivity contribution in [2.24, 2.45) is 0 Å². The molecule has 3 aromatic heterocycles. The molecule has 0 saturated carbocycles. The van der Waals surface area contributed by atoms with Gasteiger partial charge < -0.3 is 20.7 Å². The van der Waals surface area contributed by atoms with Crippen LogP contribution in [0.15, 0.2) is 12.4 Å². The fourth-order valence-electron chi connectivity index (χ4n) is 2.72. The summed E-state index contributed by atoms with van der Waals surface area (Å²) in [5.41, 5.74) is 6.99. The highest BCUT2D eigenvalue weighted by molar-refractivity contribution is 7.98. The SMILES string of the molecule is CSCCNc1nc2nc(-c3cnc(N)nc3)nc(N3CCOCC3)c2s1. The average Bonchev–Trinajstić information content (AvgIpc) is 3.11. The Morgan fingerprint density at radius 3 is 2.74 bits per heavy atom. The first-order chi connectivity index (χ1) is 13.2. The van der Waals surface area contributed by atoms with E-state index in [0.717, 1.165) is 41.0 Å². The maximum absolute atomic E-state index is 5.60. The van der Waals surface area contributed by atoms with Gasteiger partial charge in [-0.3, -0.25) is 0 Å². The van der Waals surface area contributed by atoms with Gasteiger partial charge >= 0.3 is 0 Å². The van der Waals surface area contributed by atoms with E-state index in [1.165, 1.54) is 0 Å². The molecule has 4 heterocycles. The maximum Gasteiger partial charge on any atom is 0.219 e. The van der Waals surface area contributed by atoms with Crippen molar-refractivity contribution >= 4 is 50.3 Å². The first-order valence-electron chi connectivity index (χ1n) is 8.56. The lowest BCUT2D eigenvalue weighted by atomic mass is 10.3. The smallest absolute Gasteiger partial charge is 0.219 e. The molecule has 3 aromatic rings. The molecule has 4 rings (SSSR count). The number of morpholine rings is 1. The lowest BCUT2D eigenvalue weighted by Crippen LogP contribution is -2.36. The van der Waals surface area contributed by atoms with Crippen molar-refractivity contribution in [1.29, 1.82) is 0 Å². The first kappa shape index (κ1) is 18.1. The van der Waals surface area contributed by atoms with E-state index in [-0.39, 0.29) is 5.95 Å². The van der Waals surface area contributed by atoms with Crippen LogP contribution in [-0.4, -0.2) is 69.8 Å². The third kappa shape index (κ3) is 4.04. The number of hydrogen-bond donors (Lipinski definition) is 2. The topological polar surface area (TPSA) is 115 Å². The summed E-state index contributed by atoms with van der Waals surface area (Å²) in [7, 11) is 0. The number of anilines is 3. The van der Waals surface area contributed by atoms with Crippen molar-refractivity contribution in [3.8, 4) is 11.4 Å². The van der Waals surface area contributed by atoms with Gasteiger partial charge in [0.2, 0.25) is 5.95 Å². The summed E-state index contributed by atoms with van der Waals surface area (Å²) in [4.78, 5) is 24.5. The van der Waals surface area contributed by atoms with E-state index in [4.69, 9.17) is 15.5 Å². The van der Waals surface area contributed by atoms with Gasteiger partial charge in [0.15, 0.2) is 22.4 Å². The Hall–Kier alpha value is -2.24. The molecule has 0 aliphatic carbocycles. The van der Waals surface area contributed by atoms with Crippen LogP contribution in [0.4, 0.5) is 16.9 Å². The second-order valence-electron chi connectivity index (χ2n) is 5.89. The normalized spacial score (nSPS) is 14.6. The second-order valence-corrected chi connectivity index (χ2v) is 7.88. The lowest BCUT2D eigenvalue weighted by molar-refractivity contribution is 0.122. The molecule has 11 heteroatoms. The molecule has 0 spiro atoms. The van der Waals surface area contributed by atoms with Crippen molar-refractivity contribution in [2.75, 3.05) is 60.8 Å². The van der Waals surface area contributed by atoms with Crippen molar-refractivity contribution in [1.82, 2.24) is 24.9 Å². The van der Waals surface area contributed by atoms with E-state index >= 15 is 0 Å². The van der Waals surface area contributed by atoms with Crippen LogP contribution in [0.2, 0.25) is 0 Å². The van der Waals surface area contributed by atoms with E-state index in [0.29, 0.717) is 30.2 Å². The number of fused-ring (bicyclic) bond motifs is 1. The molecule has 142 valence electrons. The Morgan fingerprint density at radius 2 is 2.00 bits per heavy atom. The predicted molar refractivity (Wildman–Crippen MR) is 111 cm³/mol. The minimum Gasteiger partial charge on any atom is -0.378 e. The molecular weight excluding hydrogens is 384 g/mol. The minimum atomic E-state index is 0.224. The molecule has 0 unspecified atom stereocenters. The number of hydrogen-bond acceptors (Lipinski definition) is 11. The number of thioether (sulfide) groups is 1. The fraction of sp³-hybridized carbons (Fsp3) is 0.438. The van der Waals surface area contributed by atoms with Gasteiger partial charge in [-0.2, -0.15) is 16.7 Å². The van der Waals surface area contributed by atoms with Crippen molar-refractivity contribution in [2.45, 2.75) is 0 Å². The molecule has 3 N–H and O–H groups in total. The number of nitrogens with two attached hydrogens (primary N) is 1. The van der Waals surface area contributed by atoms with Gasteiger partial charge in [-0.25, -0.2) is 19.9 Å². The Morgan fingerprint density at radius 1 is 1.22 bits per heavy atom. The highest BCUT2D eigenvalue weighted by Gasteiger charge is 2.21. The Labute approximate surface area is 164 Å². The number of ether oxygens (including phenoxy) is 1. The molecule has 1 fully saturated rings. The van der Waals surface area contributed by atoms with Gasteiger partial charge in [-0.1, -0.05) is 11.3 Å². The highest BCUT2D eigenvalue weighted by atomic mass is 32.2.